The van der Waals surface area contributed by atoms with Gasteiger partial charge in [-0.3, -0.25) is 0 Å². The lowest BCUT2D eigenvalue weighted by atomic mass is 9.96. The monoisotopic (exact) mass is 230 g/mol. The van der Waals surface area contributed by atoms with E-state index < -0.39 is 6.10 Å². The van der Waals surface area contributed by atoms with Gasteiger partial charge in [-0.25, -0.2) is 0 Å². The lowest BCUT2D eigenvalue weighted by molar-refractivity contribution is 0.216. The maximum Gasteiger partial charge on any atom is 0.109 e. The fourth-order valence-corrected chi connectivity index (χ4v) is 2.18. The highest BCUT2D eigenvalue weighted by Gasteiger charge is 2.17. The predicted molar refractivity (Wildman–Crippen MR) is 68.1 cm³/mol. The van der Waals surface area contributed by atoms with Gasteiger partial charge < -0.3 is 9.52 Å². The number of rotatable bonds is 3. The first-order chi connectivity index (χ1) is 8.13. The van der Waals surface area contributed by atoms with Gasteiger partial charge in [0.2, 0.25) is 0 Å². The molecule has 1 heterocycles. The molecule has 1 atom stereocenters. The maximum absolute atomic E-state index is 10.4. The Morgan fingerprint density at radius 3 is 2.59 bits per heavy atom. The molecular formula is C15H18O2. The van der Waals surface area contributed by atoms with E-state index in [9.17, 15) is 5.11 Å². The molecule has 17 heavy (non-hydrogen) atoms. The first kappa shape index (κ1) is 11.9. The molecule has 1 aromatic carbocycles. The third-order valence-electron chi connectivity index (χ3n) is 3.12. The Morgan fingerprint density at radius 2 is 1.94 bits per heavy atom. The third-order valence-corrected chi connectivity index (χ3v) is 3.12. The van der Waals surface area contributed by atoms with Crippen molar-refractivity contribution < 1.29 is 9.52 Å². The molecule has 2 heteroatoms. The zero-order valence-corrected chi connectivity index (χ0v) is 10.5. The van der Waals surface area contributed by atoms with E-state index in [4.69, 9.17) is 4.42 Å². The molecule has 2 rings (SSSR count). The van der Waals surface area contributed by atoms with Crippen LogP contribution in [0.1, 0.15) is 41.0 Å². The molecule has 0 spiro atoms. The molecule has 0 saturated carbocycles. The zero-order chi connectivity index (χ0) is 12.4. The van der Waals surface area contributed by atoms with Crippen molar-refractivity contribution in [2.45, 2.75) is 33.3 Å². The largest absolute Gasteiger partial charge is 0.469 e. The molecule has 1 unspecified atom stereocenters. The number of aliphatic hydroxyl groups excluding tert-OH is 1. The summed E-state index contributed by atoms with van der Waals surface area (Å²) in [6, 6.07) is 7.95. The smallest absolute Gasteiger partial charge is 0.109 e. The molecule has 2 nitrogen and oxygen atoms in total. The van der Waals surface area contributed by atoms with Gasteiger partial charge in [-0.2, -0.15) is 0 Å². The Balaban J connectivity index is 2.40. The number of hydrogen-bond donors (Lipinski definition) is 1. The summed E-state index contributed by atoms with van der Waals surface area (Å²) in [6.07, 6.45) is 1.84. The topological polar surface area (TPSA) is 33.4 Å². The molecule has 0 amide bonds. The fraction of sp³-hybridized carbons (Fsp3) is 0.333. The van der Waals surface area contributed by atoms with Gasteiger partial charge in [0, 0.05) is 12.0 Å². The van der Waals surface area contributed by atoms with E-state index in [1.54, 1.807) is 6.26 Å². The highest BCUT2D eigenvalue weighted by atomic mass is 16.3. The minimum absolute atomic E-state index is 0.593. The van der Waals surface area contributed by atoms with Crippen molar-refractivity contribution >= 4 is 0 Å². The van der Waals surface area contributed by atoms with Crippen molar-refractivity contribution in [3.05, 3.63) is 58.5 Å². The molecule has 0 saturated heterocycles. The maximum atomic E-state index is 10.4. The van der Waals surface area contributed by atoms with E-state index >= 15 is 0 Å². The first-order valence-corrected chi connectivity index (χ1v) is 5.95. The summed E-state index contributed by atoms with van der Waals surface area (Å²) in [5.41, 5.74) is 4.15. The van der Waals surface area contributed by atoms with Crippen LogP contribution < -0.4 is 0 Å². The second kappa shape index (κ2) is 4.76. The van der Waals surface area contributed by atoms with Crippen LogP contribution in [-0.4, -0.2) is 5.11 Å². The van der Waals surface area contributed by atoms with Gasteiger partial charge in [0.1, 0.15) is 11.9 Å². The van der Waals surface area contributed by atoms with E-state index in [0.717, 1.165) is 28.9 Å². The Morgan fingerprint density at radius 1 is 1.18 bits per heavy atom. The van der Waals surface area contributed by atoms with Gasteiger partial charge >= 0.3 is 0 Å². The van der Waals surface area contributed by atoms with E-state index in [0.29, 0.717) is 0 Å². The molecule has 0 aliphatic carbocycles. The van der Waals surface area contributed by atoms with Crippen LogP contribution in [0.15, 0.2) is 34.9 Å². The Kier molecular flexibility index (Phi) is 3.34. The van der Waals surface area contributed by atoms with Gasteiger partial charge in [-0.05, 0) is 31.0 Å². The summed E-state index contributed by atoms with van der Waals surface area (Å²) in [5.74, 6) is 0.859. The summed E-state index contributed by atoms with van der Waals surface area (Å²) in [5, 5.41) is 10.4. The molecule has 90 valence electrons. The highest BCUT2D eigenvalue weighted by molar-refractivity contribution is 5.38. The summed E-state index contributed by atoms with van der Waals surface area (Å²) in [6.45, 7) is 6.10. The number of aryl methyl sites for hydroxylation is 3. The van der Waals surface area contributed by atoms with E-state index in [-0.39, 0.29) is 0 Å². The molecule has 0 fully saturated rings. The Bertz CT molecular complexity index is 511. The molecular weight excluding hydrogens is 212 g/mol. The molecule has 1 N–H and O–H groups in total. The summed E-state index contributed by atoms with van der Waals surface area (Å²) < 4.78 is 5.36. The van der Waals surface area contributed by atoms with Crippen molar-refractivity contribution in [3.63, 3.8) is 0 Å². The van der Waals surface area contributed by atoms with Crippen molar-refractivity contribution in [2.75, 3.05) is 0 Å². The van der Waals surface area contributed by atoms with Crippen LogP contribution in [0.25, 0.3) is 0 Å². The quantitative estimate of drug-likeness (QED) is 0.874. The predicted octanol–water partition coefficient (Wildman–Crippen LogP) is 3.54. The second-order valence-corrected chi connectivity index (χ2v) is 4.42. The van der Waals surface area contributed by atoms with E-state index in [1.807, 2.05) is 32.0 Å². The lowest BCUT2D eigenvalue weighted by Gasteiger charge is -2.14. The van der Waals surface area contributed by atoms with Crippen LogP contribution in [0.5, 0.6) is 0 Å². The number of benzene rings is 1. The van der Waals surface area contributed by atoms with Crippen molar-refractivity contribution in [3.8, 4) is 0 Å². The Labute approximate surface area is 102 Å². The average Bonchev–Trinajstić information content (AvgIpc) is 2.76. The van der Waals surface area contributed by atoms with Crippen LogP contribution in [0.2, 0.25) is 0 Å². The normalized spacial score (nSPS) is 12.7. The molecule has 0 radical (unpaired) electrons. The Hall–Kier alpha value is -1.54. The van der Waals surface area contributed by atoms with Crippen LogP contribution in [0.4, 0.5) is 0 Å². The summed E-state index contributed by atoms with van der Waals surface area (Å²) >= 11 is 0. The highest BCUT2D eigenvalue weighted by Crippen LogP contribution is 2.28. The summed E-state index contributed by atoms with van der Waals surface area (Å²) in [7, 11) is 0. The van der Waals surface area contributed by atoms with Crippen LogP contribution in [0, 0.1) is 13.8 Å². The van der Waals surface area contributed by atoms with Crippen LogP contribution in [-0.2, 0) is 6.42 Å². The average molecular weight is 230 g/mol. The zero-order valence-electron chi connectivity index (χ0n) is 10.5. The number of aliphatic hydroxyl groups is 1. The third kappa shape index (κ3) is 2.27. The molecule has 2 aromatic rings. The van der Waals surface area contributed by atoms with E-state index in [1.165, 1.54) is 5.56 Å². The van der Waals surface area contributed by atoms with Crippen molar-refractivity contribution in [1.82, 2.24) is 0 Å². The number of furan rings is 1. The minimum Gasteiger partial charge on any atom is -0.469 e. The van der Waals surface area contributed by atoms with Crippen LogP contribution >= 0.6 is 0 Å². The minimum atomic E-state index is -0.593. The van der Waals surface area contributed by atoms with Crippen LogP contribution in [0.3, 0.4) is 0 Å². The van der Waals surface area contributed by atoms with Gasteiger partial charge in [0.15, 0.2) is 0 Å². The molecule has 1 aromatic heterocycles. The van der Waals surface area contributed by atoms with Crippen molar-refractivity contribution in [1.29, 1.82) is 0 Å². The van der Waals surface area contributed by atoms with E-state index in [2.05, 4.69) is 13.0 Å². The molecule has 0 bridgehead atoms. The summed E-state index contributed by atoms with van der Waals surface area (Å²) in [4.78, 5) is 0. The molecule has 0 aliphatic rings. The fourth-order valence-electron chi connectivity index (χ4n) is 2.18. The van der Waals surface area contributed by atoms with Gasteiger partial charge in [-0.15, -0.1) is 0 Å². The number of hydrogen-bond acceptors (Lipinski definition) is 2. The first-order valence-electron chi connectivity index (χ1n) is 5.95. The lowest BCUT2D eigenvalue weighted by Crippen LogP contribution is -2.03. The SMILES string of the molecule is CCc1occc1C(O)c1ccc(C)cc1C. The van der Waals surface area contributed by atoms with Gasteiger partial charge in [-0.1, -0.05) is 30.7 Å². The van der Waals surface area contributed by atoms with Crippen molar-refractivity contribution in [2.24, 2.45) is 0 Å². The van der Waals surface area contributed by atoms with Gasteiger partial charge in [0.25, 0.3) is 0 Å². The van der Waals surface area contributed by atoms with Gasteiger partial charge in [0.05, 0.1) is 6.26 Å². The second-order valence-electron chi connectivity index (χ2n) is 4.42. The standard InChI is InChI=1S/C15H18O2/c1-4-14-13(7-8-17-14)15(16)12-6-5-10(2)9-11(12)3/h5-9,15-16H,4H2,1-3H3. The molecule has 0 aliphatic heterocycles.